The molecule has 0 bridgehead atoms. The fourth-order valence-corrected chi connectivity index (χ4v) is 2.55. The van der Waals surface area contributed by atoms with Crippen molar-refractivity contribution >= 4 is 16.9 Å². The molecule has 2 nitrogen and oxygen atoms in total. The Kier molecular flexibility index (Phi) is 4.10. The minimum absolute atomic E-state index is 0.246. The van der Waals surface area contributed by atoms with Gasteiger partial charge in [-0.3, -0.25) is 4.99 Å². The molecular weight excluding hydrogens is 180 g/mol. The fraction of sp³-hybridized carbons (Fsp3) is 0.900. The zero-order chi connectivity index (χ0) is 9.73. The number of nitrogens with one attached hydrogen (secondary N) is 1. The van der Waals surface area contributed by atoms with Gasteiger partial charge in [-0.05, 0) is 26.7 Å². The van der Waals surface area contributed by atoms with Gasteiger partial charge in [-0.1, -0.05) is 25.1 Å². The molecule has 0 aromatic carbocycles. The van der Waals surface area contributed by atoms with Crippen LogP contribution in [0.5, 0.6) is 0 Å². The summed E-state index contributed by atoms with van der Waals surface area (Å²) in [5, 5.41) is 4.61. The van der Waals surface area contributed by atoms with E-state index in [1.807, 2.05) is 11.8 Å². The Morgan fingerprint density at radius 2 is 2.31 bits per heavy atom. The van der Waals surface area contributed by atoms with Gasteiger partial charge in [0.25, 0.3) is 0 Å². The van der Waals surface area contributed by atoms with E-state index in [4.69, 9.17) is 0 Å². The first-order chi connectivity index (χ1) is 6.14. The van der Waals surface area contributed by atoms with Crippen LogP contribution in [0.1, 0.15) is 40.0 Å². The van der Waals surface area contributed by atoms with Crippen LogP contribution in [0.4, 0.5) is 0 Å². The van der Waals surface area contributed by atoms with E-state index in [0.29, 0.717) is 0 Å². The smallest absolute Gasteiger partial charge is 0.156 e. The van der Waals surface area contributed by atoms with Crippen LogP contribution >= 0.6 is 11.8 Å². The highest BCUT2D eigenvalue weighted by Crippen LogP contribution is 2.21. The average molecular weight is 200 g/mol. The first-order valence-corrected chi connectivity index (χ1v) is 6.08. The van der Waals surface area contributed by atoms with Crippen molar-refractivity contribution in [1.29, 1.82) is 0 Å². The van der Waals surface area contributed by atoms with Crippen molar-refractivity contribution < 1.29 is 0 Å². The third kappa shape index (κ3) is 4.03. The van der Waals surface area contributed by atoms with Crippen molar-refractivity contribution in [2.24, 2.45) is 4.99 Å². The van der Waals surface area contributed by atoms with Gasteiger partial charge in [0.1, 0.15) is 0 Å². The van der Waals surface area contributed by atoms with Crippen molar-refractivity contribution in [2.75, 3.05) is 12.3 Å². The molecule has 0 aliphatic carbocycles. The SMILES string of the molecule is CCCCN=C1NC(C)(C)CCS1. The maximum Gasteiger partial charge on any atom is 0.156 e. The maximum atomic E-state index is 4.54. The molecule has 0 aromatic heterocycles. The molecule has 0 amide bonds. The van der Waals surface area contributed by atoms with Crippen LogP contribution in [0.3, 0.4) is 0 Å². The standard InChI is InChI=1S/C10H20N2S/c1-4-5-7-11-9-12-10(2,3)6-8-13-9/h4-8H2,1-3H3,(H,11,12). The van der Waals surface area contributed by atoms with Crippen LogP contribution in [-0.2, 0) is 0 Å². The number of nitrogens with zero attached hydrogens (tertiary/aromatic N) is 1. The summed E-state index contributed by atoms with van der Waals surface area (Å²) in [5.41, 5.74) is 0.246. The van der Waals surface area contributed by atoms with Crippen LogP contribution in [0, 0.1) is 0 Å². The number of unbranched alkanes of at least 4 members (excludes halogenated alkanes) is 1. The zero-order valence-corrected chi connectivity index (χ0v) is 9.71. The summed E-state index contributed by atoms with van der Waals surface area (Å²) in [5.74, 6) is 1.20. The molecule has 0 saturated carbocycles. The largest absolute Gasteiger partial charge is 0.360 e. The van der Waals surface area contributed by atoms with Crippen LogP contribution in [0.2, 0.25) is 0 Å². The Morgan fingerprint density at radius 3 is 2.92 bits per heavy atom. The van der Waals surface area contributed by atoms with Crippen LogP contribution < -0.4 is 5.32 Å². The van der Waals surface area contributed by atoms with Crippen molar-refractivity contribution in [2.45, 2.75) is 45.6 Å². The predicted molar refractivity (Wildman–Crippen MR) is 61.5 cm³/mol. The molecule has 0 aromatic rings. The molecular formula is C10H20N2S. The van der Waals surface area contributed by atoms with Gasteiger partial charge in [0.05, 0.1) is 0 Å². The third-order valence-corrected chi connectivity index (χ3v) is 3.09. The maximum absolute atomic E-state index is 4.54. The van der Waals surface area contributed by atoms with Gasteiger partial charge >= 0.3 is 0 Å². The lowest BCUT2D eigenvalue weighted by Gasteiger charge is -2.32. The summed E-state index contributed by atoms with van der Waals surface area (Å²) in [6.45, 7) is 7.65. The Bertz CT molecular complexity index is 187. The second kappa shape index (κ2) is 4.89. The van der Waals surface area contributed by atoms with E-state index in [-0.39, 0.29) is 5.54 Å². The summed E-state index contributed by atoms with van der Waals surface area (Å²) < 4.78 is 0. The van der Waals surface area contributed by atoms with Crippen LogP contribution in [0.25, 0.3) is 0 Å². The van der Waals surface area contributed by atoms with E-state index in [1.165, 1.54) is 25.0 Å². The zero-order valence-electron chi connectivity index (χ0n) is 8.89. The average Bonchev–Trinajstić information content (AvgIpc) is 2.03. The van der Waals surface area contributed by atoms with Crippen LogP contribution in [0.15, 0.2) is 4.99 Å². The Balaban J connectivity index is 2.37. The molecule has 0 atom stereocenters. The number of aliphatic imine (C=N–C) groups is 1. The summed E-state index contributed by atoms with van der Waals surface area (Å²) in [6, 6.07) is 0. The topological polar surface area (TPSA) is 24.4 Å². The molecule has 1 aliphatic rings. The van der Waals surface area contributed by atoms with E-state index < -0.39 is 0 Å². The molecule has 1 heterocycles. The van der Waals surface area contributed by atoms with E-state index in [0.717, 1.165) is 11.7 Å². The minimum atomic E-state index is 0.246. The van der Waals surface area contributed by atoms with E-state index in [1.54, 1.807) is 0 Å². The monoisotopic (exact) mass is 200 g/mol. The molecule has 3 heteroatoms. The number of thioether (sulfide) groups is 1. The summed E-state index contributed by atoms with van der Waals surface area (Å²) in [4.78, 5) is 4.54. The molecule has 0 radical (unpaired) electrons. The van der Waals surface area contributed by atoms with Gasteiger partial charge in [-0.2, -0.15) is 0 Å². The van der Waals surface area contributed by atoms with Gasteiger partial charge in [0, 0.05) is 17.8 Å². The number of amidine groups is 1. The summed E-state index contributed by atoms with van der Waals surface area (Å²) >= 11 is 1.85. The quantitative estimate of drug-likeness (QED) is 0.708. The summed E-state index contributed by atoms with van der Waals surface area (Å²) in [7, 11) is 0. The fourth-order valence-electron chi connectivity index (χ4n) is 1.21. The van der Waals surface area contributed by atoms with Gasteiger partial charge in [0.15, 0.2) is 5.17 Å². The Hall–Kier alpha value is -0.180. The number of hydrogen-bond donors (Lipinski definition) is 1. The molecule has 13 heavy (non-hydrogen) atoms. The van der Waals surface area contributed by atoms with Crippen molar-refractivity contribution in [3.05, 3.63) is 0 Å². The van der Waals surface area contributed by atoms with Crippen molar-refractivity contribution in [3.63, 3.8) is 0 Å². The third-order valence-electron chi connectivity index (χ3n) is 2.18. The minimum Gasteiger partial charge on any atom is -0.360 e. The Morgan fingerprint density at radius 1 is 1.54 bits per heavy atom. The normalized spacial score (nSPS) is 24.4. The second-order valence-electron chi connectivity index (χ2n) is 4.15. The lowest BCUT2D eigenvalue weighted by molar-refractivity contribution is 0.446. The van der Waals surface area contributed by atoms with Gasteiger partial charge in [0.2, 0.25) is 0 Å². The van der Waals surface area contributed by atoms with E-state index >= 15 is 0 Å². The van der Waals surface area contributed by atoms with E-state index in [2.05, 4.69) is 31.1 Å². The lowest BCUT2D eigenvalue weighted by atomic mass is 10.0. The molecule has 1 aliphatic heterocycles. The van der Waals surface area contributed by atoms with Crippen LogP contribution in [-0.4, -0.2) is 23.0 Å². The lowest BCUT2D eigenvalue weighted by Crippen LogP contribution is -2.46. The van der Waals surface area contributed by atoms with E-state index in [9.17, 15) is 0 Å². The molecule has 1 saturated heterocycles. The van der Waals surface area contributed by atoms with Gasteiger partial charge < -0.3 is 5.32 Å². The molecule has 1 rings (SSSR count). The van der Waals surface area contributed by atoms with Gasteiger partial charge in [-0.25, -0.2) is 0 Å². The molecule has 0 spiro atoms. The van der Waals surface area contributed by atoms with Crippen molar-refractivity contribution in [1.82, 2.24) is 5.32 Å². The highest BCUT2D eigenvalue weighted by molar-refractivity contribution is 8.13. The first kappa shape index (κ1) is 10.9. The molecule has 76 valence electrons. The van der Waals surface area contributed by atoms with Crippen molar-refractivity contribution in [3.8, 4) is 0 Å². The number of rotatable bonds is 3. The van der Waals surface area contributed by atoms with Gasteiger partial charge in [-0.15, -0.1) is 0 Å². The molecule has 1 N–H and O–H groups in total. The number of hydrogen-bond acceptors (Lipinski definition) is 2. The highest BCUT2D eigenvalue weighted by atomic mass is 32.2. The summed E-state index contributed by atoms with van der Waals surface area (Å²) in [6.07, 6.45) is 3.65. The molecule has 1 fully saturated rings. The molecule has 0 unspecified atom stereocenters. The second-order valence-corrected chi connectivity index (χ2v) is 5.23. The predicted octanol–water partition coefficient (Wildman–Crippen LogP) is 2.65. The highest BCUT2D eigenvalue weighted by Gasteiger charge is 2.23. The first-order valence-electron chi connectivity index (χ1n) is 5.09. The Labute approximate surface area is 85.6 Å².